The second-order valence-corrected chi connectivity index (χ2v) is 9.09. The van der Waals surface area contributed by atoms with Crippen LogP contribution in [-0.4, -0.2) is 44.4 Å². The Bertz CT molecular complexity index is 1500. The predicted molar refractivity (Wildman–Crippen MR) is 137 cm³/mol. The Kier molecular flexibility index (Phi) is 8.29. The minimum atomic E-state index is -4.40. The summed E-state index contributed by atoms with van der Waals surface area (Å²) in [7, 11) is 1.45. The average Bonchev–Trinajstić information content (AvgIpc) is 2.92. The van der Waals surface area contributed by atoms with E-state index >= 15 is 0 Å². The van der Waals surface area contributed by atoms with Gasteiger partial charge in [-0.05, 0) is 60.2 Å². The molecule has 204 valence electrons. The summed E-state index contributed by atoms with van der Waals surface area (Å²) in [6.07, 6.45) is -5.07. The summed E-state index contributed by atoms with van der Waals surface area (Å²) >= 11 is 0. The summed E-state index contributed by atoms with van der Waals surface area (Å²) in [5.74, 6) is -1.93. The van der Waals surface area contributed by atoms with Crippen LogP contribution in [0.2, 0.25) is 0 Å². The molecule has 4 rings (SSSR count). The Balaban J connectivity index is 1.38. The molecular weight excluding hydrogens is 515 g/mol. The number of aliphatic carboxylic acids is 1. The van der Waals surface area contributed by atoms with Crippen LogP contribution in [0.25, 0.3) is 22.0 Å². The van der Waals surface area contributed by atoms with E-state index < -0.39 is 35.3 Å². The van der Waals surface area contributed by atoms with Gasteiger partial charge in [0.2, 0.25) is 0 Å². The number of hydrogen-bond acceptors (Lipinski definition) is 6. The summed E-state index contributed by atoms with van der Waals surface area (Å²) in [5, 5.41) is 28.5. The van der Waals surface area contributed by atoms with Gasteiger partial charge >= 0.3 is 12.1 Å². The Morgan fingerprint density at radius 3 is 2.23 bits per heavy atom. The monoisotopic (exact) mass is 541 g/mol. The normalized spacial score (nSPS) is 13.3. The number of hydrogen-bond donors (Lipinski definition) is 2. The molecule has 0 radical (unpaired) electrons. The molecule has 8 nitrogen and oxygen atoms in total. The number of carbonyl (C=O) groups is 1. The fourth-order valence-electron chi connectivity index (χ4n) is 4.36. The summed E-state index contributed by atoms with van der Waals surface area (Å²) in [5.41, 5.74) is 1.34. The van der Waals surface area contributed by atoms with Crippen molar-refractivity contribution in [1.29, 1.82) is 0 Å². The number of alkyl halides is 3. The van der Waals surface area contributed by atoms with Crippen LogP contribution >= 0.6 is 0 Å². The van der Waals surface area contributed by atoms with E-state index in [4.69, 9.17) is 4.74 Å². The standard InChI is InChI=1S/C28H26F3N3O5/c1-39-24-4-2-3-22-25(24)32-33-34(26(22)36)16-15-21(27(37)38)23(35)14-7-17-5-8-18(9-6-17)19-10-12-20(13-11-19)28(29,30)31/h2-6,8-13,21,23,35H,7,14-16H2,1H3,(H,37,38)/t21?,23-/m1/s1. The van der Waals surface area contributed by atoms with E-state index in [-0.39, 0.29) is 24.8 Å². The molecular formula is C28H26F3N3O5. The Morgan fingerprint density at radius 1 is 1.00 bits per heavy atom. The van der Waals surface area contributed by atoms with Crippen LogP contribution in [0.3, 0.4) is 0 Å². The molecule has 11 heteroatoms. The summed E-state index contributed by atoms with van der Waals surface area (Å²) in [6.45, 7) is -0.0468. The molecule has 0 aliphatic heterocycles. The molecule has 2 N–H and O–H groups in total. The third-order valence-electron chi connectivity index (χ3n) is 6.60. The van der Waals surface area contributed by atoms with Crippen LogP contribution in [0.5, 0.6) is 5.75 Å². The fraction of sp³-hybridized carbons (Fsp3) is 0.286. The third-order valence-corrected chi connectivity index (χ3v) is 6.60. The Morgan fingerprint density at radius 2 is 1.64 bits per heavy atom. The number of carboxylic acids is 1. The minimum Gasteiger partial charge on any atom is -0.494 e. The Labute approximate surface area is 221 Å². The maximum atomic E-state index is 12.8. The van der Waals surface area contributed by atoms with Crippen molar-refractivity contribution in [2.24, 2.45) is 5.92 Å². The number of ether oxygens (including phenoxy) is 1. The van der Waals surface area contributed by atoms with E-state index in [0.29, 0.717) is 23.3 Å². The number of benzene rings is 3. The van der Waals surface area contributed by atoms with Crippen LogP contribution < -0.4 is 10.3 Å². The van der Waals surface area contributed by atoms with Crippen molar-refractivity contribution >= 4 is 16.9 Å². The van der Waals surface area contributed by atoms with Crippen molar-refractivity contribution in [2.75, 3.05) is 7.11 Å². The predicted octanol–water partition coefficient (Wildman–Crippen LogP) is 4.57. The quantitative estimate of drug-likeness (QED) is 0.302. The minimum absolute atomic E-state index is 0.0343. The molecule has 0 saturated heterocycles. The van der Waals surface area contributed by atoms with E-state index in [0.717, 1.165) is 27.9 Å². The molecule has 2 atom stereocenters. The van der Waals surface area contributed by atoms with Gasteiger partial charge in [0, 0.05) is 6.54 Å². The van der Waals surface area contributed by atoms with Gasteiger partial charge in [0.1, 0.15) is 11.3 Å². The SMILES string of the molecule is COc1cccc2c(=O)n(CCC(C(=O)O)[C@H](O)CCc3ccc(-c4ccc(C(F)(F)F)cc4)cc3)nnc12. The van der Waals surface area contributed by atoms with Crippen molar-refractivity contribution in [3.8, 4) is 16.9 Å². The molecule has 0 amide bonds. The molecule has 1 heterocycles. The second kappa shape index (κ2) is 11.6. The smallest absolute Gasteiger partial charge is 0.416 e. The molecule has 1 aromatic heterocycles. The summed E-state index contributed by atoms with van der Waals surface area (Å²) in [6, 6.07) is 16.8. The maximum absolute atomic E-state index is 12.8. The van der Waals surface area contributed by atoms with Crippen molar-refractivity contribution in [1.82, 2.24) is 15.0 Å². The van der Waals surface area contributed by atoms with Gasteiger partial charge in [-0.25, -0.2) is 4.68 Å². The van der Waals surface area contributed by atoms with Crippen molar-refractivity contribution in [3.63, 3.8) is 0 Å². The van der Waals surface area contributed by atoms with Gasteiger partial charge in [-0.15, -0.1) is 5.10 Å². The first kappa shape index (κ1) is 27.8. The van der Waals surface area contributed by atoms with Crippen LogP contribution in [0.4, 0.5) is 13.2 Å². The van der Waals surface area contributed by atoms with Gasteiger partial charge in [-0.3, -0.25) is 9.59 Å². The number of aliphatic hydroxyl groups excluding tert-OH is 1. The maximum Gasteiger partial charge on any atom is 0.416 e. The van der Waals surface area contributed by atoms with Crippen LogP contribution in [0.15, 0.2) is 71.5 Å². The van der Waals surface area contributed by atoms with Gasteiger partial charge in [-0.1, -0.05) is 47.7 Å². The first-order valence-electron chi connectivity index (χ1n) is 12.2. The number of carboxylic acid groups (broad SMARTS) is 1. The molecule has 0 aliphatic carbocycles. The fourth-order valence-corrected chi connectivity index (χ4v) is 4.36. The number of halogens is 3. The lowest BCUT2D eigenvalue weighted by molar-refractivity contribution is -0.146. The molecule has 0 spiro atoms. The van der Waals surface area contributed by atoms with Gasteiger partial charge in [0.05, 0.1) is 30.1 Å². The Hall–Kier alpha value is -4.25. The van der Waals surface area contributed by atoms with Gasteiger partial charge < -0.3 is 14.9 Å². The number of aliphatic hydroxyl groups is 1. The number of nitrogens with zero attached hydrogens (tertiary/aromatic N) is 3. The number of fused-ring (bicyclic) bond motifs is 1. The highest BCUT2D eigenvalue weighted by Gasteiger charge is 2.30. The lowest BCUT2D eigenvalue weighted by Gasteiger charge is -2.19. The first-order valence-corrected chi connectivity index (χ1v) is 12.2. The number of aryl methyl sites for hydroxylation is 2. The molecule has 39 heavy (non-hydrogen) atoms. The number of rotatable bonds is 10. The van der Waals surface area contributed by atoms with E-state index in [2.05, 4.69) is 10.3 Å². The lowest BCUT2D eigenvalue weighted by Crippen LogP contribution is -2.32. The van der Waals surface area contributed by atoms with Gasteiger partial charge in [0.15, 0.2) is 0 Å². The largest absolute Gasteiger partial charge is 0.494 e. The molecule has 3 aromatic carbocycles. The van der Waals surface area contributed by atoms with Crippen molar-refractivity contribution in [2.45, 2.75) is 38.1 Å². The molecule has 0 aliphatic rings. The molecule has 4 aromatic rings. The van der Waals surface area contributed by atoms with E-state index in [9.17, 15) is 33.0 Å². The second-order valence-electron chi connectivity index (χ2n) is 9.09. The average molecular weight is 542 g/mol. The van der Waals surface area contributed by atoms with Crippen LogP contribution in [-0.2, 0) is 23.9 Å². The highest BCUT2D eigenvalue weighted by Crippen LogP contribution is 2.31. The highest BCUT2D eigenvalue weighted by molar-refractivity contribution is 5.83. The van der Waals surface area contributed by atoms with Crippen LogP contribution in [0.1, 0.15) is 24.0 Å². The van der Waals surface area contributed by atoms with E-state index in [1.807, 2.05) is 0 Å². The van der Waals surface area contributed by atoms with E-state index in [1.54, 1.807) is 42.5 Å². The highest BCUT2D eigenvalue weighted by atomic mass is 19.4. The van der Waals surface area contributed by atoms with Gasteiger partial charge in [-0.2, -0.15) is 13.2 Å². The van der Waals surface area contributed by atoms with Gasteiger partial charge in [0.25, 0.3) is 5.56 Å². The first-order chi connectivity index (χ1) is 18.6. The lowest BCUT2D eigenvalue weighted by atomic mass is 9.93. The zero-order valence-corrected chi connectivity index (χ0v) is 20.9. The molecule has 0 fully saturated rings. The summed E-state index contributed by atoms with van der Waals surface area (Å²) in [4.78, 5) is 24.7. The van der Waals surface area contributed by atoms with Crippen molar-refractivity contribution < 1.29 is 32.9 Å². The van der Waals surface area contributed by atoms with E-state index in [1.165, 1.54) is 19.2 Å². The molecule has 0 bridgehead atoms. The number of methoxy groups -OCH3 is 1. The third kappa shape index (κ3) is 6.43. The van der Waals surface area contributed by atoms with Crippen LogP contribution in [0, 0.1) is 5.92 Å². The zero-order valence-electron chi connectivity index (χ0n) is 20.9. The van der Waals surface area contributed by atoms with Crippen molar-refractivity contribution in [3.05, 3.63) is 88.2 Å². The topological polar surface area (TPSA) is 115 Å². The zero-order chi connectivity index (χ0) is 28.2. The molecule has 1 unspecified atom stereocenters. The number of aromatic nitrogens is 3. The summed E-state index contributed by atoms with van der Waals surface area (Å²) < 4.78 is 44.6. The molecule has 0 saturated carbocycles.